The van der Waals surface area contributed by atoms with E-state index in [1.54, 1.807) is 67.6 Å². The summed E-state index contributed by atoms with van der Waals surface area (Å²) in [5.41, 5.74) is 0.607. The number of anilines is 1. The summed E-state index contributed by atoms with van der Waals surface area (Å²) in [7, 11) is -1.34. The summed E-state index contributed by atoms with van der Waals surface area (Å²) in [5, 5.41) is 3.15. The molecule has 0 aliphatic carbocycles. The molecule has 196 valence electrons. The number of methoxy groups -OCH3 is 1. The monoisotopic (exact) mass is 563 g/mol. The Morgan fingerprint density at radius 3 is 2.14 bits per heavy atom. The minimum Gasteiger partial charge on any atom is -0.495 e. The van der Waals surface area contributed by atoms with Crippen molar-refractivity contribution in [3.8, 4) is 5.75 Å². The number of benzene rings is 3. The van der Waals surface area contributed by atoms with Crippen LogP contribution in [0.5, 0.6) is 5.75 Å². The average molecular weight is 564 g/mol. The lowest BCUT2D eigenvalue weighted by Gasteiger charge is -2.32. The Balaban J connectivity index is 2.10. The molecule has 0 aliphatic rings. The maximum absolute atomic E-state index is 13.8. The van der Waals surface area contributed by atoms with Crippen LogP contribution >= 0.6 is 23.2 Å². The normalized spacial score (nSPS) is 11.9. The molecule has 0 saturated heterocycles. The molecule has 0 spiro atoms. The lowest BCUT2D eigenvalue weighted by Crippen LogP contribution is -2.50. The van der Waals surface area contributed by atoms with Crippen molar-refractivity contribution in [1.82, 2.24) is 10.2 Å². The van der Waals surface area contributed by atoms with E-state index in [1.165, 1.54) is 31.2 Å². The van der Waals surface area contributed by atoms with Gasteiger partial charge in [0.25, 0.3) is 10.0 Å². The minimum atomic E-state index is -4.20. The molecule has 2 amide bonds. The number of amides is 2. The molecule has 0 aliphatic heterocycles. The minimum absolute atomic E-state index is 0.00578. The molecule has 0 bridgehead atoms. The third kappa shape index (κ3) is 6.36. The van der Waals surface area contributed by atoms with Gasteiger partial charge in [0.05, 0.1) is 17.7 Å². The fourth-order valence-corrected chi connectivity index (χ4v) is 5.68. The fourth-order valence-electron chi connectivity index (χ4n) is 3.71. The maximum Gasteiger partial charge on any atom is 0.264 e. The van der Waals surface area contributed by atoms with Gasteiger partial charge in [0.15, 0.2) is 0 Å². The quantitative estimate of drug-likeness (QED) is 0.395. The van der Waals surface area contributed by atoms with Crippen LogP contribution in [0.1, 0.15) is 12.5 Å². The van der Waals surface area contributed by atoms with Crippen LogP contribution in [0.2, 0.25) is 10.0 Å². The zero-order valence-corrected chi connectivity index (χ0v) is 22.8. The highest BCUT2D eigenvalue weighted by Crippen LogP contribution is 2.33. The number of hydrogen-bond acceptors (Lipinski definition) is 5. The Morgan fingerprint density at radius 2 is 1.54 bits per heavy atom. The number of carbonyl (C=O) groups excluding carboxylic acids is 2. The molecule has 0 aromatic heterocycles. The van der Waals surface area contributed by atoms with Gasteiger partial charge in [-0.3, -0.25) is 13.9 Å². The predicted octanol–water partition coefficient (Wildman–Crippen LogP) is 4.36. The van der Waals surface area contributed by atoms with Crippen LogP contribution in [-0.2, 0) is 26.2 Å². The molecule has 37 heavy (non-hydrogen) atoms. The largest absolute Gasteiger partial charge is 0.495 e. The number of para-hydroxylation sites is 2. The van der Waals surface area contributed by atoms with E-state index in [0.717, 1.165) is 4.31 Å². The summed E-state index contributed by atoms with van der Waals surface area (Å²) < 4.78 is 33.9. The lowest BCUT2D eigenvalue weighted by atomic mass is 10.1. The van der Waals surface area contributed by atoms with Gasteiger partial charge in [0.2, 0.25) is 11.8 Å². The molecule has 0 radical (unpaired) electrons. The number of likely N-dealkylation sites (N-methyl/N-ethyl adjacent to an activating group) is 1. The van der Waals surface area contributed by atoms with Gasteiger partial charge in [0, 0.05) is 29.2 Å². The van der Waals surface area contributed by atoms with E-state index in [4.69, 9.17) is 27.9 Å². The molecule has 1 N–H and O–H groups in total. The summed E-state index contributed by atoms with van der Waals surface area (Å²) in [4.78, 5) is 27.6. The molecular formula is C26H27Cl2N3O5S. The maximum atomic E-state index is 13.8. The van der Waals surface area contributed by atoms with Crippen LogP contribution in [0.4, 0.5) is 5.69 Å². The van der Waals surface area contributed by atoms with Crippen molar-refractivity contribution in [2.45, 2.75) is 24.4 Å². The fraction of sp³-hybridized carbons (Fsp3) is 0.231. The standard InChI is InChI=1S/C26H27Cl2N3O5S/c1-18(26(33)29-2)30(16-20-21(27)12-9-13-22(20)28)25(32)17-31(23-14-7-8-15-24(23)36-3)37(34,35)19-10-5-4-6-11-19/h4-15,18H,16-17H2,1-3H3,(H,29,33)/t18-/m1/s1. The first-order chi connectivity index (χ1) is 17.6. The number of hydrogen-bond donors (Lipinski definition) is 1. The predicted molar refractivity (Wildman–Crippen MR) is 145 cm³/mol. The van der Waals surface area contributed by atoms with E-state index in [1.807, 2.05) is 0 Å². The first-order valence-electron chi connectivity index (χ1n) is 11.3. The molecule has 3 aromatic carbocycles. The molecule has 0 heterocycles. The second kappa shape index (κ2) is 12.3. The number of rotatable bonds is 10. The Kier molecular flexibility index (Phi) is 9.42. The van der Waals surface area contributed by atoms with Gasteiger partial charge < -0.3 is 15.0 Å². The van der Waals surface area contributed by atoms with Gasteiger partial charge in [-0.15, -0.1) is 0 Å². The highest BCUT2D eigenvalue weighted by molar-refractivity contribution is 7.92. The van der Waals surface area contributed by atoms with Crippen molar-refractivity contribution in [3.63, 3.8) is 0 Å². The van der Waals surface area contributed by atoms with Gasteiger partial charge in [-0.05, 0) is 43.3 Å². The van der Waals surface area contributed by atoms with Crippen LogP contribution in [0.15, 0.2) is 77.7 Å². The van der Waals surface area contributed by atoms with Crippen molar-refractivity contribution in [2.75, 3.05) is 25.0 Å². The summed E-state index contributed by atoms with van der Waals surface area (Å²) in [5.74, 6) is -0.821. The van der Waals surface area contributed by atoms with E-state index in [2.05, 4.69) is 5.32 Å². The van der Waals surface area contributed by atoms with Crippen LogP contribution in [-0.4, -0.2) is 51.9 Å². The summed E-state index contributed by atoms with van der Waals surface area (Å²) in [6.45, 7) is 0.818. The van der Waals surface area contributed by atoms with Crippen LogP contribution in [0, 0.1) is 0 Å². The van der Waals surface area contributed by atoms with Gasteiger partial charge >= 0.3 is 0 Å². The SMILES string of the molecule is CNC(=O)[C@@H](C)N(Cc1c(Cl)cccc1Cl)C(=O)CN(c1ccccc1OC)S(=O)(=O)c1ccccc1. The Bertz CT molecular complexity index is 1350. The smallest absolute Gasteiger partial charge is 0.264 e. The first-order valence-corrected chi connectivity index (χ1v) is 13.5. The lowest BCUT2D eigenvalue weighted by molar-refractivity contribution is -0.139. The highest BCUT2D eigenvalue weighted by Gasteiger charge is 2.34. The van der Waals surface area contributed by atoms with Gasteiger partial charge in [-0.25, -0.2) is 8.42 Å². The van der Waals surface area contributed by atoms with Crippen molar-refractivity contribution in [1.29, 1.82) is 0 Å². The number of carbonyl (C=O) groups is 2. The number of nitrogens with zero attached hydrogens (tertiary/aromatic N) is 2. The topological polar surface area (TPSA) is 96.0 Å². The van der Waals surface area contributed by atoms with Gasteiger partial charge in [0.1, 0.15) is 18.3 Å². The molecular weight excluding hydrogens is 537 g/mol. The third-order valence-corrected chi connectivity index (χ3v) is 8.25. The molecule has 0 saturated carbocycles. The molecule has 0 fully saturated rings. The number of sulfonamides is 1. The number of halogens is 2. The van der Waals surface area contributed by atoms with Crippen molar-refractivity contribution >= 4 is 50.7 Å². The summed E-state index contributed by atoms with van der Waals surface area (Å²) in [6.07, 6.45) is 0. The van der Waals surface area contributed by atoms with E-state index in [0.29, 0.717) is 15.6 Å². The Hall–Kier alpha value is -3.27. The second-order valence-corrected chi connectivity index (χ2v) is 10.7. The van der Waals surface area contributed by atoms with Crippen molar-refractivity contribution in [3.05, 3.63) is 88.4 Å². The van der Waals surface area contributed by atoms with Gasteiger partial charge in [-0.2, -0.15) is 0 Å². The molecule has 8 nitrogen and oxygen atoms in total. The summed E-state index contributed by atoms with van der Waals surface area (Å²) in [6, 6.07) is 18.2. The van der Waals surface area contributed by atoms with E-state index in [9.17, 15) is 18.0 Å². The average Bonchev–Trinajstić information content (AvgIpc) is 2.91. The molecule has 1 atom stereocenters. The van der Waals surface area contributed by atoms with Crippen molar-refractivity contribution < 1.29 is 22.7 Å². The van der Waals surface area contributed by atoms with E-state index >= 15 is 0 Å². The van der Waals surface area contributed by atoms with E-state index in [-0.39, 0.29) is 22.9 Å². The van der Waals surface area contributed by atoms with Gasteiger partial charge in [-0.1, -0.05) is 59.6 Å². The third-order valence-electron chi connectivity index (χ3n) is 5.77. The van der Waals surface area contributed by atoms with Crippen molar-refractivity contribution in [2.24, 2.45) is 0 Å². The van der Waals surface area contributed by atoms with E-state index < -0.39 is 34.4 Å². The van der Waals surface area contributed by atoms with Crippen LogP contribution < -0.4 is 14.4 Å². The first kappa shape index (κ1) is 28.3. The summed E-state index contributed by atoms with van der Waals surface area (Å²) >= 11 is 12.7. The van der Waals surface area contributed by atoms with Crippen LogP contribution in [0.25, 0.3) is 0 Å². The molecule has 3 rings (SSSR count). The highest BCUT2D eigenvalue weighted by atomic mass is 35.5. The molecule has 0 unspecified atom stereocenters. The Morgan fingerprint density at radius 1 is 0.946 bits per heavy atom. The number of ether oxygens (including phenoxy) is 1. The Labute approximate surface area is 226 Å². The molecule has 11 heteroatoms. The zero-order chi connectivity index (χ0) is 27.2. The second-order valence-electron chi connectivity index (χ2n) is 8.01. The van der Waals surface area contributed by atoms with Crippen LogP contribution in [0.3, 0.4) is 0 Å². The molecule has 3 aromatic rings. The zero-order valence-electron chi connectivity index (χ0n) is 20.5. The number of nitrogens with one attached hydrogen (secondary N) is 1.